The number of rotatable bonds is 5. The molecular formula is C22H26ClN3O3S. The Morgan fingerprint density at radius 2 is 1.57 bits per heavy atom. The summed E-state index contributed by atoms with van der Waals surface area (Å²) in [6, 6.07) is 13.1. The van der Waals surface area contributed by atoms with E-state index in [9.17, 15) is 13.2 Å². The zero-order chi connectivity index (χ0) is 21.1. The van der Waals surface area contributed by atoms with E-state index < -0.39 is 16.1 Å². The minimum Gasteiger partial charge on any atom is -0.372 e. The quantitative estimate of drug-likeness (QED) is 0.748. The number of sulfonamides is 1. The lowest BCUT2D eigenvalue weighted by Crippen LogP contribution is -2.43. The van der Waals surface area contributed by atoms with Gasteiger partial charge >= 0.3 is 0 Å². The van der Waals surface area contributed by atoms with Gasteiger partial charge in [-0.05, 0) is 80.6 Å². The van der Waals surface area contributed by atoms with E-state index >= 15 is 0 Å². The Bertz CT molecular complexity index is 987. The molecule has 2 saturated heterocycles. The molecule has 0 aromatic heterocycles. The van der Waals surface area contributed by atoms with Crippen LogP contribution in [0.1, 0.15) is 32.1 Å². The van der Waals surface area contributed by atoms with Crippen molar-refractivity contribution < 1.29 is 13.2 Å². The Hall–Kier alpha value is -2.09. The minimum atomic E-state index is -3.76. The summed E-state index contributed by atoms with van der Waals surface area (Å²) in [7, 11) is -3.76. The molecule has 4 rings (SSSR count). The summed E-state index contributed by atoms with van der Waals surface area (Å²) in [4.78, 5) is 15.4. The van der Waals surface area contributed by atoms with Gasteiger partial charge in [0.2, 0.25) is 15.9 Å². The maximum absolute atomic E-state index is 13.0. The van der Waals surface area contributed by atoms with Gasteiger partial charge in [0.15, 0.2) is 0 Å². The van der Waals surface area contributed by atoms with Crippen LogP contribution in [-0.2, 0) is 14.8 Å². The van der Waals surface area contributed by atoms with Crippen LogP contribution in [0.25, 0.3) is 0 Å². The third-order valence-corrected chi connectivity index (χ3v) is 7.96. The Labute approximate surface area is 182 Å². The zero-order valence-corrected chi connectivity index (χ0v) is 18.3. The van der Waals surface area contributed by atoms with Crippen LogP contribution in [-0.4, -0.2) is 44.3 Å². The number of hydrogen-bond donors (Lipinski definition) is 1. The number of nitrogens with one attached hydrogen (secondary N) is 1. The number of nitrogens with zero attached hydrogens (tertiary/aromatic N) is 2. The number of anilines is 2. The number of hydrogen-bond acceptors (Lipinski definition) is 4. The van der Waals surface area contributed by atoms with Crippen molar-refractivity contribution in [2.45, 2.75) is 43.0 Å². The molecule has 2 aliphatic heterocycles. The highest BCUT2D eigenvalue weighted by atomic mass is 35.5. The molecular weight excluding hydrogens is 422 g/mol. The van der Waals surface area contributed by atoms with Gasteiger partial charge in [0.25, 0.3) is 0 Å². The van der Waals surface area contributed by atoms with Crippen LogP contribution in [0.5, 0.6) is 0 Å². The first-order valence-corrected chi connectivity index (χ1v) is 12.2. The molecule has 0 bridgehead atoms. The second-order valence-electron chi connectivity index (χ2n) is 7.81. The van der Waals surface area contributed by atoms with E-state index in [4.69, 9.17) is 11.6 Å². The molecule has 0 aliphatic carbocycles. The summed E-state index contributed by atoms with van der Waals surface area (Å²) in [6.45, 7) is 2.45. The molecule has 1 amide bonds. The van der Waals surface area contributed by atoms with Crippen molar-refractivity contribution in [1.82, 2.24) is 4.31 Å². The zero-order valence-electron chi connectivity index (χ0n) is 16.8. The monoisotopic (exact) mass is 447 g/mol. The molecule has 30 heavy (non-hydrogen) atoms. The van der Waals surface area contributed by atoms with Crippen molar-refractivity contribution in [3.05, 3.63) is 53.6 Å². The van der Waals surface area contributed by atoms with Crippen molar-refractivity contribution in [3.63, 3.8) is 0 Å². The Morgan fingerprint density at radius 1 is 0.900 bits per heavy atom. The lowest BCUT2D eigenvalue weighted by Gasteiger charge is -2.29. The van der Waals surface area contributed by atoms with Gasteiger partial charge in [-0.15, -0.1) is 0 Å². The van der Waals surface area contributed by atoms with Gasteiger partial charge in [-0.1, -0.05) is 11.6 Å². The lowest BCUT2D eigenvalue weighted by atomic mass is 10.1. The van der Waals surface area contributed by atoms with Gasteiger partial charge in [0.05, 0.1) is 4.90 Å². The lowest BCUT2D eigenvalue weighted by molar-refractivity contribution is -0.119. The van der Waals surface area contributed by atoms with E-state index in [-0.39, 0.29) is 10.8 Å². The fourth-order valence-electron chi connectivity index (χ4n) is 4.17. The average Bonchev–Trinajstić information content (AvgIpc) is 3.26. The summed E-state index contributed by atoms with van der Waals surface area (Å²) in [5.41, 5.74) is 1.83. The Balaban J connectivity index is 1.45. The highest BCUT2D eigenvalue weighted by Crippen LogP contribution is 2.28. The molecule has 0 spiro atoms. The number of piperidine rings is 1. The molecule has 1 atom stereocenters. The second kappa shape index (κ2) is 8.96. The summed E-state index contributed by atoms with van der Waals surface area (Å²) in [5, 5.41) is 3.36. The fraction of sp³-hybridized carbons (Fsp3) is 0.409. The smallest absolute Gasteiger partial charge is 0.243 e. The fourth-order valence-corrected chi connectivity index (χ4v) is 5.95. The summed E-state index contributed by atoms with van der Waals surface area (Å²) >= 11 is 5.88. The molecule has 160 valence electrons. The number of carbonyl (C=O) groups excluding carboxylic acids is 1. The summed E-state index contributed by atoms with van der Waals surface area (Å²) < 4.78 is 27.4. The van der Waals surface area contributed by atoms with Crippen molar-refractivity contribution in [2.24, 2.45) is 0 Å². The van der Waals surface area contributed by atoms with Crippen LogP contribution in [0.3, 0.4) is 0 Å². The van der Waals surface area contributed by atoms with E-state index in [2.05, 4.69) is 10.2 Å². The molecule has 2 aromatic carbocycles. The largest absolute Gasteiger partial charge is 0.372 e. The van der Waals surface area contributed by atoms with Crippen LogP contribution in [0.2, 0.25) is 5.02 Å². The highest BCUT2D eigenvalue weighted by molar-refractivity contribution is 7.89. The number of carbonyl (C=O) groups is 1. The summed E-state index contributed by atoms with van der Waals surface area (Å²) in [6.07, 6.45) is 4.85. The predicted molar refractivity (Wildman–Crippen MR) is 120 cm³/mol. The number of halogens is 1. The second-order valence-corrected chi connectivity index (χ2v) is 10.1. The van der Waals surface area contributed by atoms with Gasteiger partial charge in [0.1, 0.15) is 6.04 Å². The molecule has 2 aromatic rings. The van der Waals surface area contributed by atoms with Crippen LogP contribution in [0.4, 0.5) is 11.4 Å². The van der Waals surface area contributed by atoms with Crippen molar-refractivity contribution in [1.29, 1.82) is 0 Å². The van der Waals surface area contributed by atoms with Gasteiger partial charge in [-0.2, -0.15) is 4.31 Å². The molecule has 2 fully saturated rings. The molecule has 0 radical (unpaired) electrons. The molecule has 0 unspecified atom stereocenters. The average molecular weight is 448 g/mol. The Morgan fingerprint density at radius 3 is 2.23 bits per heavy atom. The maximum atomic E-state index is 13.0. The minimum absolute atomic E-state index is 0.150. The SMILES string of the molecule is O=C(Nc1ccc(N2CCCCC2)cc1)[C@@H]1CCCN1S(=O)(=O)c1ccc(Cl)cc1. The molecule has 6 nitrogen and oxygen atoms in total. The first-order valence-electron chi connectivity index (χ1n) is 10.4. The first-order chi connectivity index (χ1) is 14.4. The standard InChI is InChI=1S/C22H26ClN3O3S/c23-17-6-12-20(13-7-17)30(28,29)26-16-4-5-21(26)22(27)24-18-8-10-19(11-9-18)25-14-2-1-3-15-25/h6-13,21H,1-5,14-16H2,(H,24,27)/t21-/m0/s1. The van der Waals surface area contributed by atoms with Crippen LogP contribution in [0, 0.1) is 0 Å². The third kappa shape index (κ3) is 4.48. The van der Waals surface area contributed by atoms with Crippen LogP contribution < -0.4 is 10.2 Å². The van der Waals surface area contributed by atoms with E-state index in [0.717, 1.165) is 18.8 Å². The molecule has 1 N–H and O–H groups in total. The van der Waals surface area contributed by atoms with E-state index in [0.29, 0.717) is 30.1 Å². The molecule has 2 aliphatic rings. The van der Waals surface area contributed by atoms with Gasteiger partial charge in [-0.3, -0.25) is 4.79 Å². The molecule has 0 saturated carbocycles. The van der Waals surface area contributed by atoms with E-state index in [1.165, 1.54) is 35.7 Å². The first kappa shape index (κ1) is 21.2. The van der Waals surface area contributed by atoms with Crippen molar-refractivity contribution >= 4 is 38.9 Å². The van der Waals surface area contributed by atoms with Crippen molar-refractivity contribution in [3.8, 4) is 0 Å². The molecule has 2 heterocycles. The topological polar surface area (TPSA) is 69.7 Å². The Kier molecular flexibility index (Phi) is 6.32. The predicted octanol–water partition coefficient (Wildman–Crippen LogP) is 4.12. The van der Waals surface area contributed by atoms with Crippen LogP contribution >= 0.6 is 11.6 Å². The van der Waals surface area contributed by atoms with Gasteiger partial charge < -0.3 is 10.2 Å². The highest BCUT2D eigenvalue weighted by Gasteiger charge is 2.39. The van der Waals surface area contributed by atoms with E-state index in [1.807, 2.05) is 24.3 Å². The van der Waals surface area contributed by atoms with E-state index in [1.54, 1.807) is 12.1 Å². The third-order valence-electron chi connectivity index (χ3n) is 5.78. The normalized spacial score (nSPS) is 20.3. The molecule has 8 heteroatoms. The maximum Gasteiger partial charge on any atom is 0.243 e. The summed E-state index contributed by atoms with van der Waals surface area (Å²) in [5.74, 6) is -0.296. The van der Waals surface area contributed by atoms with Gasteiger partial charge in [-0.25, -0.2) is 8.42 Å². The number of benzene rings is 2. The number of amides is 1. The van der Waals surface area contributed by atoms with Crippen LogP contribution in [0.15, 0.2) is 53.4 Å². The van der Waals surface area contributed by atoms with Gasteiger partial charge in [0, 0.05) is 36.0 Å². The van der Waals surface area contributed by atoms with Crippen molar-refractivity contribution in [2.75, 3.05) is 29.9 Å².